The van der Waals surface area contributed by atoms with Crippen molar-refractivity contribution in [1.29, 1.82) is 0 Å². The van der Waals surface area contributed by atoms with Gasteiger partial charge in [0.05, 0.1) is 12.1 Å². The molecule has 1 aliphatic heterocycles. The van der Waals surface area contributed by atoms with Gasteiger partial charge in [0.15, 0.2) is 0 Å². The van der Waals surface area contributed by atoms with E-state index in [9.17, 15) is 14.4 Å². The van der Waals surface area contributed by atoms with Gasteiger partial charge in [-0.1, -0.05) is 24.3 Å². The van der Waals surface area contributed by atoms with Gasteiger partial charge in [0, 0.05) is 17.7 Å². The number of hydrogen-bond donors (Lipinski definition) is 0. The molecule has 3 rings (SSSR count). The van der Waals surface area contributed by atoms with E-state index < -0.39 is 5.97 Å². The normalized spacial score (nSPS) is 14.0. The molecule has 2 amide bonds. The van der Waals surface area contributed by atoms with Crippen molar-refractivity contribution in [1.82, 2.24) is 4.90 Å². The Labute approximate surface area is 156 Å². The molecule has 2 aromatic rings. The van der Waals surface area contributed by atoms with Crippen molar-refractivity contribution in [3.63, 3.8) is 0 Å². The number of nitrogens with zero attached hydrogens (tertiary/aromatic N) is 1. The van der Waals surface area contributed by atoms with Gasteiger partial charge in [0.25, 0.3) is 0 Å². The number of rotatable bonds is 6. The zero-order valence-corrected chi connectivity index (χ0v) is 15.3. The fourth-order valence-corrected chi connectivity index (χ4v) is 3.09. The molecule has 0 unspecified atom stereocenters. The predicted molar refractivity (Wildman–Crippen MR) is 98.6 cm³/mol. The van der Waals surface area contributed by atoms with Crippen LogP contribution in [0, 0.1) is 0 Å². The minimum atomic E-state index is -0.404. The van der Waals surface area contributed by atoms with Crippen molar-refractivity contribution in [2.24, 2.45) is 0 Å². The lowest BCUT2D eigenvalue weighted by atomic mass is 10.1. The van der Waals surface area contributed by atoms with Gasteiger partial charge in [-0.3, -0.25) is 14.5 Å². The first-order valence-corrected chi connectivity index (χ1v) is 9.51. The molecule has 0 aromatic heterocycles. The maximum atomic E-state index is 12.2. The molecule has 26 heavy (non-hydrogen) atoms. The molecular weight excluding hydrogens is 350 g/mol. The highest BCUT2D eigenvalue weighted by molar-refractivity contribution is 7.98. The maximum absolute atomic E-state index is 12.2. The van der Waals surface area contributed by atoms with Crippen LogP contribution >= 0.6 is 11.8 Å². The van der Waals surface area contributed by atoms with Crippen LogP contribution in [0.25, 0.3) is 0 Å². The first-order valence-electron chi connectivity index (χ1n) is 8.29. The van der Waals surface area contributed by atoms with Crippen LogP contribution in [-0.2, 0) is 27.5 Å². The fraction of sp³-hybridized carbons (Fsp3) is 0.250. The molecule has 0 atom stereocenters. The van der Waals surface area contributed by atoms with Crippen molar-refractivity contribution in [3.05, 3.63) is 65.2 Å². The van der Waals surface area contributed by atoms with Gasteiger partial charge < -0.3 is 4.74 Å². The lowest BCUT2D eigenvalue weighted by Gasteiger charge is -2.13. The Hall–Kier alpha value is -2.60. The van der Waals surface area contributed by atoms with E-state index in [-0.39, 0.29) is 37.8 Å². The van der Waals surface area contributed by atoms with Crippen LogP contribution in [0.5, 0.6) is 0 Å². The Bertz CT molecular complexity index is 799. The highest BCUT2D eigenvalue weighted by atomic mass is 32.2. The Kier molecular flexibility index (Phi) is 5.73. The van der Waals surface area contributed by atoms with Gasteiger partial charge in [-0.2, -0.15) is 0 Å². The van der Waals surface area contributed by atoms with E-state index in [0.717, 1.165) is 16.0 Å². The van der Waals surface area contributed by atoms with E-state index in [2.05, 4.69) is 0 Å². The van der Waals surface area contributed by atoms with Crippen LogP contribution < -0.4 is 0 Å². The van der Waals surface area contributed by atoms with E-state index in [1.54, 1.807) is 36.0 Å². The molecule has 0 spiro atoms. The second-order valence-electron chi connectivity index (χ2n) is 5.99. The van der Waals surface area contributed by atoms with Crippen molar-refractivity contribution in [2.75, 3.05) is 6.26 Å². The number of carbonyl (C=O) groups is 3. The second-order valence-corrected chi connectivity index (χ2v) is 6.87. The van der Waals surface area contributed by atoms with Crippen molar-refractivity contribution < 1.29 is 19.1 Å². The topological polar surface area (TPSA) is 63.7 Å². The van der Waals surface area contributed by atoms with E-state index in [1.807, 2.05) is 30.5 Å². The van der Waals surface area contributed by atoms with Gasteiger partial charge in [0.2, 0.25) is 11.8 Å². The van der Waals surface area contributed by atoms with Gasteiger partial charge in [-0.05, 0) is 41.6 Å². The number of likely N-dealkylation sites (tertiary alicyclic amines) is 1. The maximum Gasteiger partial charge on any atom is 0.338 e. The zero-order valence-electron chi connectivity index (χ0n) is 14.4. The van der Waals surface area contributed by atoms with Crippen molar-refractivity contribution in [3.8, 4) is 0 Å². The third-order valence-corrected chi connectivity index (χ3v) is 4.96. The highest BCUT2D eigenvalue weighted by Gasteiger charge is 2.28. The molecule has 0 bridgehead atoms. The Balaban J connectivity index is 1.56. The van der Waals surface area contributed by atoms with Gasteiger partial charge in [-0.15, -0.1) is 11.8 Å². The molecule has 0 N–H and O–H groups in total. The number of hydrogen-bond acceptors (Lipinski definition) is 5. The van der Waals surface area contributed by atoms with E-state index in [1.165, 1.54) is 4.90 Å². The number of thioether (sulfide) groups is 1. The summed E-state index contributed by atoms with van der Waals surface area (Å²) in [6.45, 7) is 0.459. The summed E-state index contributed by atoms with van der Waals surface area (Å²) in [5.74, 6) is -0.698. The molecule has 1 aliphatic rings. The molecule has 134 valence electrons. The standard InChI is InChI=1S/C20H19NO4S/c1-26-17-8-4-15(5-9-17)13-25-20(24)16-6-2-14(3-7-16)12-21-18(22)10-11-19(21)23/h2-9H,10-13H2,1H3. The van der Waals surface area contributed by atoms with E-state index in [0.29, 0.717) is 5.56 Å². The summed E-state index contributed by atoms with van der Waals surface area (Å²) in [5, 5.41) is 0. The Morgan fingerprint density at radius 1 is 0.962 bits per heavy atom. The third-order valence-electron chi connectivity index (χ3n) is 4.21. The second kappa shape index (κ2) is 8.19. The number of esters is 1. The fourth-order valence-electron chi connectivity index (χ4n) is 2.68. The quantitative estimate of drug-likeness (QED) is 0.444. The summed E-state index contributed by atoms with van der Waals surface area (Å²) in [4.78, 5) is 37.9. The van der Waals surface area contributed by atoms with Crippen LogP contribution in [0.3, 0.4) is 0 Å². The molecular formula is C20H19NO4S. The molecule has 5 nitrogen and oxygen atoms in total. The predicted octanol–water partition coefficient (Wildman–Crippen LogP) is 3.41. The Morgan fingerprint density at radius 3 is 2.12 bits per heavy atom. The van der Waals surface area contributed by atoms with Gasteiger partial charge >= 0.3 is 5.97 Å². The summed E-state index contributed by atoms with van der Waals surface area (Å²) < 4.78 is 5.33. The zero-order chi connectivity index (χ0) is 18.5. The summed E-state index contributed by atoms with van der Waals surface area (Å²) in [6, 6.07) is 14.6. The molecule has 1 saturated heterocycles. The van der Waals surface area contributed by atoms with E-state index >= 15 is 0 Å². The number of ether oxygens (including phenoxy) is 1. The van der Waals surface area contributed by atoms with Crippen LogP contribution in [0.15, 0.2) is 53.4 Å². The van der Waals surface area contributed by atoms with E-state index in [4.69, 9.17) is 4.74 Å². The molecule has 6 heteroatoms. The van der Waals surface area contributed by atoms with Crippen LogP contribution in [0.2, 0.25) is 0 Å². The smallest absolute Gasteiger partial charge is 0.338 e. The lowest BCUT2D eigenvalue weighted by molar-refractivity contribution is -0.139. The third kappa shape index (κ3) is 4.32. The number of carbonyl (C=O) groups excluding carboxylic acids is 3. The summed E-state index contributed by atoms with van der Waals surface area (Å²) in [7, 11) is 0. The monoisotopic (exact) mass is 369 g/mol. The SMILES string of the molecule is CSc1ccc(COC(=O)c2ccc(CN3C(=O)CCC3=O)cc2)cc1. The average Bonchev–Trinajstić information content (AvgIpc) is 2.99. The first kappa shape index (κ1) is 18.2. The molecule has 1 fully saturated rings. The lowest BCUT2D eigenvalue weighted by Crippen LogP contribution is -2.28. The summed E-state index contributed by atoms with van der Waals surface area (Å²) in [5.41, 5.74) is 2.17. The largest absolute Gasteiger partial charge is 0.457 e. The summed E-state index contributed by atoms with van der Waals surface area (Å²) in [6.07, 6.45) is 2.57. The van der Waals surface area contributed by atoms with Crippen LogP contribution in [0.1, 0.15) is 34.3 Å². The highest BCUT2D eigenvalue weighted by Crippen LogP contribution is 2.18. The molecule has 1 heterocycles. The van der Waals surface area contributed by atoms with Crippen molar-refractivity contribution in [2.45, 2.75) is 30.9 Å². The average molecular weight is 369 g/mol. The first-order chi connectivity index (χ1) is 12.6. The minimum Gasteiger partial charge on any atom is -0.457 e. The number of imide groups is 1. The number of benzene rings is 2. The Morgan fingerprint density at radius 2 is 1.54 bits per heavy atom. The van der Waals surface area contributed by atoms with Crippen LogP contribution in [0.4, 0.5) is 0 Å². The number of amides is 2. The van der Waals surface area contributed by atoms with Gasteiger partial charge in [0.1, 0.15) is 6.61 Å². The molecule has 0 radical (unpaired) electrons. The summed E-state index contributed by atoms with van der Waals surface area (Å²) >= 11 is 1.66. The van der Waals surface area contributed by atoms with Gasteiger partial charge in [-0.25, -0.2) is 4.79 Å². The molecule has 0 saturated carbocycles. The van der Waals surface area contributed by atoms with Crippen molar-refractivity contribution >= 4 is 29.5 Å². The molecule has 2 aromatic carbocycles. The minimum absolute atomic E-state index is 0.147. The molecule has 0 aliphatic carbocycles. The van der Waals surface area contributed by atoms with Crippen LogP contribution in [-0.4, -0.2) is 28.9 Å².